The molecule has 5 heteroatoms. The van der Waals surface area contributed by atoms with Crippen molar-refractivity contribution in [2.24, 2.45) is 0 Å². The number of nitrogens with one attached hydrogen (secondary N) is 1. The van der Waals surface area contributed by atoms with Gasteiger partial charge < -0.3 is 10.4 Å². The molecule has 0 amide bonds. The zero-order valence-corrected chi connectivity index (χ0v) is 13.3. The van der Waals surface area contributed by atoms with Crippen molar-refractivity contribution in [1.29, 1.82) is 0 Å². The molecule has 0 radical (unpaired) electrons. The molecule has 4 nitrogen and oxygen atoms in total. The number of halogens is 1. The van der Waals surface area contributed by atoms with E-state index in [0.717, 1.165) is 35.4 Å². The summed E-state index contributed by atoms with van der Waals surface area (Å²) in [7, 11) is 0. The quantitative estimate of drug-likeness (QED) is 0.810. The topological polar surface area (TPSA) is 50.1 Å². The van der Waals surface area contributed by atoms with Crippen molar-refractivity contribution in [1.82, 2.24) is 15.1 Å². The van der Waals surface area contributed by atoms with E-state index in [0.29, 0.717) is 13.0 Å². The van der Waals surface area contributed by atoms with E-state index in [2.05, 4.69) is 40.2 Å². The third-order valence-electron chi connectivity index (χ3n) is 3.00. The first-order valence-electron chi connectivity index (χ1n) is 6.62. The van der Waals surface area contributed by atoms with Gasteiger partial charge in [-0.3, -0.25) is 4.68 Å². The highest BCUT2D eigenvalue weighted by molar-refractivity contribution is 9.10. The largest absolute Gasteiger partial charge is 0.388 e. The van der Waals surface area contributed by atoms with Crippen LogP contribution in [0.25, 0.3) is 0 Å². The molecule has 18 heavy (non-hydrogen) atoms. The minimum absolute atomic E-state index is 0.590. The van der Waals surface area contributed by atoms with Gasteiger partial charge in [-0.25, -0.2) is 0 Å². The summed E-state index contributed by atoms with van der Waals surface area (Å²) >= 11 is 3.61. The highest BCUT2D eigenvalue weighted by Gasteiger charge is 2.25. The second-order valence-electron chi connectivity index (χ2n) is 4.83. The zero-order chi connectivity index (χ0) is 13.8. The SMILES string of the molecule is CCNCC(C)(O)Cc1c(Br)c(CC)nn1CC. The van der Waals surface area contributed by atoms with Gasteiger partial charge in [0.2, 0.25) is 0 Å². The normalized spacial score (nSPS) is 14.8. The molecule has 2 N–H and O–H groups in total. The predicted molar refractivity (Wildman–Crippen MR) is 77.9 cm³/mol. The standard InChI is InChI=1S/C13H24BrN3O/c1-5-10-12(14)11(17(7-3)16-10)8-13(4,18)9-15-6-2/h15,18H,5-9H2,1-4H3. The van der Waals surface area contributed by atoms with Gasteiger partial charge in [-0.2, -0.15) is 5.10 Å². The number of aryl methyl sites for hydroxylation is 2. The molecule has 0 bridgehead atoms. The summed E-state index contributed by atoms with van der Waals surface area (Å²) < 4.78 is 3.02. The van der Waals surface area contributed by atoms with E-state index in [1.54, 1.807) is 0 Å². The smallest absolute Gasteiger partial charge is 0.0799 e. The monoisotopic (exact) mass is 317 g/mol. The average Bonchev–Trinajstić information content (AvgIpc) is 2.63. The summed E-state index contributed by atoms with van der Waals surface area (Å²) in [5, 5.41) is 18.1. The van der Waals surface area contributed by atoms with E-state index in [9.17, 15) is 5.11 Å². The van der Waals surface area contributed by atoms with Crippen LogP contribution in [0.4, 0.5) is 0 Å². The lowest BCUT2D eigenvalue weighted by Gasteiger charge is -2.24. The number of hydrogen-bond acceptors (Lipinski definition) is 3. The molecule has 1 atom stereocenters. The summed E-state index contributed by atoms with van der Waals surface area (Å²) in [5.41, 5.74) is 1.39. The number of rotatable bonds is 7. The van der Waals surface area contributed by atoms with Crippen molar-refractivity contribution < 1.29 is 5.11 Å². The van der Waals surface area contributed by atoms with Crippen LogP contribution in [-0.2, 0) is 19.4 Å². The maximum atomic E-state index is 10.4. The molecule has 0 aliphatic rings. The third-order valence-corrected chi connectivity index (χ3v) is 3.91. The second-order valence-corrected chi connectivity index (χ2v) is 5.62. The molecule has 1 aromatic rings. The van der Waals surface area contributed by atoms with Crippen LogP contribution < -0.4 is 5.32 Å². The molecule has 104 valence electrons. The Kier molecular flexibility index (Phi) is 5.82. The molecular formula is C13H24BrN3O. The number of hydrogen-bond donors (Lipinski definition) is 2. The molecular weight excluding hydrogens is 294 g/mol. The Bertz CT molecular complexity index is 388. The molecule has 0 saturated carbocycles. The van der Waals surface area contributed by atoms with Crippen molar-refractivity contribution >= 4 is 15.9 Å². The van der Waals surface area contributed by atoms with Gasteiger partial charge in [-0.15, -0.1) is 0 Å². The highest BCUT2D eigenvalue weighted by atomic mass is 79.9. The molecule has 0 fully saturated rings. The second kappa shape index (κ2) is 6.68. The lowest BCUT2D eigenvalue weighted by molar-refractivity contribution is 0.0584. The highest BCUT2D eigenvalue weighted by Crippen LogP contribution is 2.25. The van der Waals surface area contributed by atoms with Gasteiger partial charge in [0.1, 0.15) is 0 Å². The Morgan fingerprint density at radius 3 is 2.56 bits per heavy atom. The van der Waals surface area contributed by atoms with E-state index >= 15 is 0 Å². The Morgan fingerprint density at radius 2 is 2.06 bits per heavy atom. The summed E-state index contributed by atoms with van der Waals surface area (Å²) in [6, 6.07) is 0. The van der Waals surface area contributed by atoms with Crippen LogP contribution in [0.2, 0.25) is 0 Å². The maximum Gasteiger partial charge on any atom is 0.0799 e. The molecule has 1 aromatic heterocycles. The van der Waals surface area contributed by atoms with Crippen molar-refractivity contribution in [3.63, 3.8) is 0 Å². The van der Waals surface area contributed by atoms with Gasteiger partial charge in [-0.05, 0) is 42.7 Å². The Morgan fingerprint density at radius 1 is 1.39 bits per heavy atom. The van der Waals surface area contributed by atoms with Crippen molar-refractivity contribution in [3.8, 4) is 0 Å². The molecule has 1 rings (SSSR count). The Hall–Kier alpha value is -0.390. The number of nitrogens with zero attached hydrogens (tertiary/aromatic N) is 2. The van der Waals surface area contributed by atoms with Gasteiger partial charge >= 0.3 is 0 Å². The summed E-state index contributed by atoms with van der Waals surface area (Å²) in [4.78, 5) is 0. The van der Waals surface area contributed by atoms with Crippen LogP contribution in [0.1, 0.15) is 39.1 Å². The lowest BCUT2D eigenvalue weighted by Crippen LogP contribution is -2.40. The number of aliphatic hydroxyl groups is 1. The first-order chi connectivity index (χ1) is 8.45. The third kappa shape index (κ3) is 3.80. The summed E-state index contributed by atoms with van der Waals surface area (Å²) in [5.74, 6) is 0. The molecule has 1 heterocycles. The van der Waals surface area contributed by atoms with Crippen LogP contribution in [-0.4, -0.2) is 33.6 Å². The fraction of sp³-hybridized carbons (Fsp3) is 0.769. The van der Waals surface area contributed by atoms with Gasteiger partial charge in [0.25, 0.3) is 0 Å². The van der Waals surface area contributed by atoms with Gasteiger partial charge in [-0.1, -0.05) is 13.8 Å². The first kappa shape index (κ1) is 15.7. The maximum absolute atomic E-state index is 10.4. The molecule has 1 unspecified atom stereocenters. The Balaban J connectivity index is 2.91. The fourth-order valence-corrected chi connectivity index (χ4v) is 2.71. The van der Waals surface area contributed by atoms with Crippen molar-refractivity contribution in [2.45, 2.75) is 52.7 Å². The van der Waals surface area contributed by atoms with Gasteiger partial charge in [0, 0.05) is 19.5 Å². The summed E-state index contributed by atoms with van der Waals surface area (Å²) in [6.45, 7) is 10.3. The van der Waals surface area contributed by atoms with Crippen LogP contribution in [0.5, 0.6) is 0 Å². The zero-order valence-electron chi connectivity index (χ0n) is 11.8. The van der Waals surface area contributed by atoms with Gasteiger partial charge in [0.05, 0.1) is 21.5 Å². The minimum atomic E-state index is -0.753. The molecule has 0 aromatic carbocycles. The fourth-order valence-electron chi connectivity index (χ4n) is 2.00. The number of likely N-dealkylation sites (N-methyl/N-ethyl adjacent to an activating group) is 1. The molecule has 0 spiro atoms. The Labute approximate surface area is 118 Å². The summed E-state index contributed by atoms with van der Waals surface area (Å²) in [6.07, 6.45) is 1.50. The van der Waals surface area contributed by atoms with Crippen molar-refractivity contribution in [3.05, 3.63) is 15.9 Å². The van der Waals surface area contributed by atoms with Crippen LogP contribution >= 0.6 is 15.9 Å². The van der Waals surface area contributed by atoms with E-state index < -0.39 is 5.60 Å². The first-order valence-corrected chi connectivity index (χ1v) is 7.41. The van der Waals surface area contributed by atoms with E-state index in [1.807, 2.05) is 18.5 Å². The number of aromatic nitrogens is 2. The predicted octanol–water partition coefficient (Wildman–Crippen LogP) is 2.13. The van der Waals surface area contributed by atoms with Crippen molar-refractivity contribution in [2.75, 3.05) is 13.1 Å². The molecule has 0 aliphatic heterocycles. The van der Waals surface area contributed by atoms with Crippen LogP contribution in [0.3, 0.4) is 0 Å². The van der Waals surface area contributed by atoms with Crippen LogP contribution in [0, 0.1) is 0 Å². The van der Waals surface area contributed by atoms with E-state index in [-0.39, 0.29) is 0 Å². The van der Waals surface area contributed by atoms with Crippen LogP contribution in [0.15, 0.2) is 4.47 Å². The molecule has 0 aliphatic carbocycles. The van der Waals surface area contributed by atoms with Gasteiger partial charge in [0.15, 0.2) is 0 Å². The molecule has 0 saturated heterocycles. The lowest BCUT2D eigenvalue weighted by atomic mass is 9.99. The minimum Gasteiger partial charge on any atom is -0.388 e. The van der Waals surface area contributed by atoms with E-state index in [4.69, 9.17) is 0 Å². The van der Waals surface area contributed by atoms with E-state index in [1.165, 1.54) is 0 Å². The average molecular weight is 318 g/mol.